The predicted molar refractivity (Wildman–Crippen MR) is 144 cm³/mol. The Labute approximate surface area is 219 Å². The van der Waals surface area contributed by atoms with Gasteiger partial charge in [-0.3, -0.25) is 9.59 Å². The number of nitrogens with one attached hydrogen (secondary N) is 1. The van der Waals surface area contributed by atoms with Crippen LogP contribution in [0.15, 0.2) is 0 Å². The van der Waals surface area contributed by atoms with Crippen molar-refractivity contribution in [2.24, 2.45) is 0 Å². The zero-order valence-corrected chi connectivity index (χ0v) is 22.8. The van der Waals surface area contributed by atoms with Crippen molar-refractivity contribution in [3.63, 3.8) is 0 Å². The van der Waals surface area contributed by atoms with Gasteiger partial charge < -0.3 is 10.2 Å². The summed E-state index contributed by atoms with van der Waals surface area (Å²) in [6.07, 6.45) is 25.2. The minimum Gasteiger partial charge on any atom is -0.480 e. The van der Waals surface area contributed by atoms with Crippen LogP contribution in [0.1, 0.15) is 135 Å². The Morgan fingerprint density at radius 3 is 1.47 bits per heavy atom. The molecule has 0 atom stereocenters. The fourth-order valence-corrected chi connectivity index (χ4v) is 5.73. The van der Waals surface area contributed by atoms with Crippen LogP contribution in [0.4, 0.5) is 0 Å². The van der Waals surface area contributed by atoms with E-state index in [1.165, 1.54) is 83.5 Å². The molecule has 1 aliphatic heterocycles. The summed E-state index contributed by atoms with van der Waals surface area (Å²) in [6, 6.07) is 0.235. The zero-order chi connectivity index (χ0) is 25.8. The fourth-order valence-electron chi connectivity index (χ4n) is 5.73. The maximum Gasteiger partial charge on any atom is 0.320 e. The monoisotopic (exact) mass is 510 g/mol. The van der Waals surface area contributed by atoms with Crippen molar-refractivity contribution in [1.29, 1.82) is 0 Å². The van der Waals surface area contributed by atoms with E-state index in [0.29, 0.717) is 6.54 Å². The highest BCUT2D eigenvalue weighted by Gasteiger charge is 2.31. The van der Waals surface area contributed by atoms with Crippen LogP contribution in [0, 0.1) is 0 Å². The number of hydrogen-bond donors (Lipinski definition) is 3. The van der Waals surface area contributed by atoms with E-state index in [-0.39, 0.29) is 19.1 Å². The molecule has 8 heteroatoms. The number of carboxylic acid groups (broad SMARTS) is 2. The Bertz CT molecular complexity index is 578. The number of nitrogens with zero attached hydrogens (tertiary/aromatic N) is 3. The van der Waals surface area contributed by atoms with E-state index in [0.717, 1.165) is 57.9 Å². The molecule has 1 saturated carbocycles. The van der Waals surface area contributed by atoms with Crippen LogP contribution >= 0.6 is 0 Å². The highest BCUT2D eigenvalue weighted by molar-refractivity contribution is 5.70. The molecule has 0 aromatic rings. The largest absolute Gasteiger partial charge is 0.480 e. The maximum absolute atomic E-state index is 12.0. The highest BCUT2D eigenvalue weighted by atomic mass is 16.4. The predicted octanol–water partition coefficient (Wildman–Crippen LogP) is 5.98. The molecule has 0 aromatic carbocycles. The Hall–Kier alpha value is -1.22. The molecular weight excluding hydrogens is 456 g/mol. The average molecular weight is 511 g/mol. The average Bonchev–Trinajstić information content (AvgIpc) is 2.84. The maximum atomic E-state index is 12.0. The molecule has 0 aromatic heterocycles. The van der Waals surface area contributed by atoms with Crippen LogP contribution in [0.25, 0.3) is 0 Å². The SMILES string of the molecule is O=C(O)CN1NCCCCCCCCCCN(C2CCCCCCCCCCCCC2)N1CC(=O)O. The standard InChI is InChI=1S/C28H54N4O4/c33-27(34)24-31-29-22-18-14-10-6-7-11-15-19-23-30(32(31)25-28(35)36)26-20-16-12-8-4-2-1-3-5-9-13-17-21-26/h26,29H,1-25H2,(H,33,34)(H,35,36). The summed E-state index contributed by atoms with van der Waals surface area (Å²) < 4.78 is 0. The summed E-state index contributed by atoms with van der Waals surface area (Å²) >= 11 is 0. The summed E-state index contributed by atoms with van der Waals surface area (Å²) in [5, 5.41) is 25.1. The third kappa shape index (κ3) is 13.9. The number of hydrogen-bond acceptors (Lipinski definition) is 6. The molecule has 0 bridgehead atoms. The van der Waals surface area contributed by atoms with Crippen molar-refractivity contribution in [1.82, 2.24) is 20.7 Å². The highest BCUT2D eigenvalue weighted by Crippen LogP contribution is 2.23. The minimum absolute atomic E-state index is 0.225. The summed E-state index contributed by atoms with van der Waals surface area (Å²) in [5.41, 5.74) is 3.29. The van der Waals surface area contributed by atoms with Crippen LogP contribution < -0.4 is 5.43 Å². The lowest BCUT2D eigenvalue weighted by atomic mass is 9.97. The zero-order valence-electron chi connectivity index (χ0n) is 22.8. The van der Waals surface area contributed by atoms with Gasteiger partial charge in [-0.2, -0.15) is 5.12 Å². The van der Waals surface area contributed by atoms with Gasteiger partial charge in [0.25, 0.3) is 0 Å². The molecule has 2 aliphatic rings. The van der Waals surface area contributed by atoms with Gasteiger partial charge in [0, 0.05) is 19.1 Å². The second-order valence-corrected chi connectivity index (χ2v) is 10.9. The number of carbonyl (C=O) groups is 2. The summed E-state index contributed by atoms with van der Waals surface area (Å²) in [4.78, 5) is 23.8. The third-order valence-electron chi connectivity index (χ3n) is 7.74. The second-order valence-electron chi connectivity index (χ2n) is 10.9. The first-order chi connectivity index (χ1) is 17.6. The minimum atomic E-state index is -0.954. The molecule has 3 N–H and O–H groups in total. The normalized spacial score (nSPS) is 23.9. The molecule has 8 nitrogen and oxygen atoms in total. The van der Waals surface area contributed by atoms with Gasteiger partial charge in [0.05, 0.1) is 0 Å². The first-order valence-corrected chi connectivity index (χ1v) is 15.1. The van der Waals surface area contributed by atoms with Crippen molar-refractivity contribution >= 4 is 11.9 Å². The van der Waals surface area contributed by atoms with E-state index < -0.39 is 11.9 Å². The van der Waals surface area contributed by atoms with Gasteiger partial charge in [-0.15, -0.1) is 5.12 Å². The Morgan fingerprint density at radius 1 is 0.583 bits per heavy atom. The van der Waals surface area contributed by atoms with Crippen LogP contribution in [-0.2, 0) is 9.59 Å². The van der Waals surface area contributed by atoms with Gasteiger partial charge in [0.1, 0.15) is 13.1 Å². The van der Waals surface area contributed by atoms with Crippen molar-refractivity contribution in [2.75, 3.05) is 26.2 Å². The van der Waals surface area contributed by atoms with Gasteiger partial charge in [0.2, 0.25) is 0 Å². The van der Waals surface area contributed by atoms with Crippen molar-refractivity contribution < 1.29 is 19.8 Å². The Kier molecular flexibility index (Phi) is 17.1. The van der Waals surface area contributed by atoms with Crippen LogP contribution in [-0.4, -0.2) is 69.6 Å². The number of aliphatic carboxylic acids is 2. The van der Waals surface area contributed by atoms with E-state index in [1.54, 1.807) is 10.2 Å². The second kappa shape index (κ2) is 19.8. The molecular formula is C28H54N4O4. The van der Waals surface area contributed by atoms with Gasteiger partial charge in [-0.05, 0) is 25.7 Å². The van der Waals surface area contributed by atoms with E-state index >= 15 is 0 Å². The van der Waals surface area contributed by atoms with Gasteiger partial charge in [0.15, 0.2) is 0 Å². The number of rotatable bonds is 5. The molecule has 0 amide bonds. The van der Waals surface area contributed by atoms with E-state index in [2.05, 4.69) is 10.4 Å². The van der Waals surface area contributed by atoms with Crippen LogP contribution in [0.3, 0.4) is 0 Å². The lowest BCUT2D eigenvalue weighted by Gasteiger charge is -2.45. The van der Waals surface area contributed by atoms with Crippen molar-refractivity contribution in [3.8, 4) is 0 Å². The fraction of sp³-hybridized carbons (Fsp3) is 0.929. The van der Waals surface area contributed by atoms with E-state index in [1.807, 2.05) is 0 Å². The quantitative estimate of drug-likeness (QED) is 0.415. The molecule has 1 saturated heterocycles. The van der Waals surface area contributed by atoms with Crippen molar-refractivity contribution in [2.45, 2.75) is 141 Å². The molecule has 210 valence electrons. The number of hydrazine groups is 3. The molecule has 0 spiro atoms. The molecule has 1 aliphatic carbocycles. The Balaban J connectivity index is 2.25. The first-order valence-electron chi connectivity index (χ1n) is 15.1. The lowest BCUT2D eigenvalue weighted by molar-refractivity contribution is -0.233. The topological polar surface area (TPSA) is 96.4 Å². The molecule has 0 unspecified atom stereocenters. The summed E-state index contributed by atoms with van der Waals surface area (Å²) in [7, 11) is 0. The third-order valence-corrected chi connectivity index (χ3v) is 7.74. The lowest BCUT2D eigenvalue weighted by Crippen LogP contribution is -2.63. The van der Waals surface area contributed by atoms with E-state index in [9.17, 15) is 19.8 Å². The molecule has 0 radical (unpaired) electrons. The Morgan fingerprint density at radius 2 is 1.00 bits per heavy atom. The van der Waals surface area contributed by atoms with Crippen LogP contribution in [0.5, 0.6) is 0 Å². The number of carboxylic acids is 2. The summed E-state index contributed by atoms with van der Waals surface area (Å²) in [6.45, 7) is 0.949. The van der Waals surface area contributed by atoms with Crippen LogP contribution in [0.2, 0.25) is 0 Å². The van der Waals surface area contributed by atoms with E-state index in [4.69, 9.17) is 0 Å². The van der Waals surface area contributed by atoms with Crippen molar-refractivity contribution in [3.05, 3.63) is 0 Å². The molecule has 1 heterocycles. The van der Waals surface area contributed by atoms with Gasteiger partial charge >= 0.3 is 11.9 Å². The smallest absolute Gasteiger partial charge is 0.320 e. The first kappa shape index (κ1) is 31.0. The molecule has 2 fully saturated rings. The summed E-state index contributed by atoms with van der Waals surface area (Å²) in [5.74, 6) is -1.89. The van der Waals surface area contributed by atoms with Gasteiger partial charge in [-0.25, -0.2) is 10.4 Å². The molecule has 2 rings (SSSR count). The molecule has 36 heavy (non-hydrogen) atoms. The van der Waals surface area contributed by atoms with Gasteiger partial charge in [-0.1, -0.05) is 109 Å².